The maximum atomic E-state index is 9.11. The van der Waals surface area contributed by atoms with E-state index in [1.54, 1.807) is 6.20 Å². The molecule has 3 heteroatoms. The van der Waals surface area contributed by atoms with Crippen LogP contribution in [0.1, 0.15) is 12.5 Å². The second-order valence-electron chi connectivity index (χ2n) is 3.66. The van der Waals surface area contributed by atoms with E-state index in [9.17, 15) is 0 Å². The maximum Gasteiger partial charge on any atom is 0.103 e. The van der Waals surface area contributed by atoms with Crippen LogP contribution < -0.4 is 4.90 Å². The minimum atomic E-state index is 0.628. The van der Waals surface area contributed by atoms with Crippen molar-refractivity contribution in [3.63, 3.8) is 0 Å². The number of fused-ring (bicyclic) bond motifs is 1. The van der Waals surface area contributed by atoms with Crippen molar-refractivity contribution in [2.45, 2.75) is 6.92 Å². The van der Waals surface area contributed by atoms with E-state index in [0.717, 1.165) is 23.1 Å². The molecule has 0 saturated heterocycles. The van der Waals surface area contributed by atoms with Gasteiger partial charge in [-0.05, 0) is 13.0 Å². The highest BCUT2D eigenvalue weighted by Gasteiger charge is 2.10. The zero-order valence-corrected chi connectivity index (χ0v) is 9.44. The van der Waals surface area contributed by atoms with Crippen molar-refractivity contribution in [1.82, 2.24) is 4.98 Å². The molecule has 2 aromatic rings. The molecule has 0 saturated carbocycles. The van der Waals surface area contributed by atoms with Gasteiger partial charge in [-0.1, -0.05) is 18.2 Å². The van der Waals surface area contributed by atoms with Crippen LogP contribution in [0.15, 0.2) is 30.5 Å². The summed E-state index contributed by atoms with van der Waals surface area (Å²) in [5, 5.41) is 10.1. The lowest BCUT2D eigenvalue weighted by atomic mass is 10.1. The van der Waals surface area contributed by atoms with Gasteiger partial charge in [-0.2, -0.15) is 5.26 Å². The van der Waals surface area contributed by atoms with Gasteiger partial charge < -0.3 is 4.90 Å². The smallest absolute Gasteiger partial charge is 0.103 e. The van der Waals surface area contributed by atoms with Crippen molar-refractivity contribution in [2.24, 2.45) is 0 Å². The third kappa shape index (κ3) is 1.59. The molecule has 0 bridgehead atoms. The molecule has 3 nitrogen and oxygen atoms in total. The van der Waals surface area contributed by atoms with E-state index < -0.39 is 0 Å². The summed E-state index contributed by atoms with van der Waals surface area (Å²) < 4.78 is 0. The van der Waals surface area contributed by atoms with Gasteiger partial charge in [0.05, 0.1) is 16.8 Å². The minimum Gasteiger partial charge on any atom is -0.373 e. The first-order valence-corrected chi connectivity index (χ1v) is 5.27. The number of hydrogen-bond acceptors (Lipinski definition) is 3. The Morgan fingerprint density at radius 3 is 2.81 bits per heavy atom. The monoisotopic (exact) mass is 211 g/mol. The zero-order valence-electron chi connectivity index (χ0n) is 9.44. The first-order valence-electron chi connectivity index (χ1n) is 5.27. The lowest BCUT2D eigenvalue weighted by Gasteiger charge is -2.20. The molecule has 0 amide bonds. The Kier molecular flexibility index (Phi) is 2.74. The fourth-order valence-electron chi connectivity index (χ4n) is 1.78. The molecular weight excluding hydrogens is 198 g/mol. The molecule has 2 rings (SSSR count). The summed E-state index contributed by atoms with van der Waals surface area (Å²) in [4.78, 5) is 6.35. The van der Waals surface area contributed by atoms with Crippen molar-refractivity contribution in [3.05, 3.63) is 36.0 Å². The standard InChI is InChI=1S/C13H13N3/c1-3-16(2)13-10(8-14)9-15-12-7-5-4-6-11(12)13/h4-7,9H,3H2,1-2H3. The fraction of sp³-hybridized carbons (Fsp3) is 0.231. The number of rotatable bonds is 2. The van der Waals surface area contributed by atoms with Crippen LogP contribution in [0.2, 0.25) is 0 Å². The molecule has 0 atom stereocenters. The van der Waals surface area contributed by atoms with Gasteiger partial charge >= 0.3 is 0 Å². The van der Waals surface area contributed by atoms with Crippen LogP contribution in [-0.4, -0.2) is 18.6 Å². The average Bonchev–Trinajstić information content (AvgIpc) is 2.36. The predicted molar refractivity (Wildman–Crippen MR) is 65.4 cm³/mol. The van der Waals surface area contributed by atoms with Gasteiger partial charge in [0.2, 0.25) is 0 Å². The number of nitriles is 1. The van der Waals surface area contributed by atoms with Gasteiger partial charge in [0.25, 0.3) is 0 Å². The summed E-state index contributed by atoms with van der Waals surface area (Å²) >= 11 is 0. The summed E-state index contributed by atoms with van der Waals surface area (Å²) in [5.41, 5.74) is 2.52. The van der Waals surface area contributed by atoms with Crippen molar-refractivity contribution < 1.29 is 0 Å². The average molecular weight is 211 g/mol. The van der Waals surface area contributed by atoms with E-state index in [4.69, 9.17) is 5.26 Å². The van der Waals surface area contributed by atoms with Gasteiger partial charge in [0, 0.05) is 25.2 Å². The maximum absolute atomic E-state index is 9.11. The Balaban J connectivity index is 2.79. The normalized spacial score (nSPS) is 10.1. The third-order valence-electron chi connectivity index (χ3n) is 2.72. The number of aromatic nitrogens is 1. The van der Waals surface area contributed by atoms with Crippen LogP contribution in [0, 0.1) is 11.3 Å². The van der Waals surface area contributed by atoms with E-state index in [0.29, 0.717) is 5.56 Å². The molecule has 16 heavy (non-hydrogen) atoms. The van der Waals surface area contributed by atoms with E-state index in [1.807, 2.05) is 31.3 Å². The highest BCUT2D eigenvalue weighted by molar-refractivity contribution is 5.94. The van der Waals surface area contributed by atoms with Crippen LogP contribution in [0.5, 0.6) is 0 Å². The highest BCUT2D eigenvalue weighted by Crippen LogP contribution is 2.27. The zero-order chi connectivity index (χ0) is 11.5. The molecule has 0 N–H and O–H groups in total. The van der Waals surface area contributed by atoms with Crippen molar-refractivity contribution >= 4 is 16.6 Å². The van der Waals surface area contributed by atoms with Gasteiger partial charge in [-0.25, -0.2) is 0 Å². The number of hydrogen-bond donors (Lipinski definition) is 0. The van der Waals surface area contributed by atoms with Gasteiger partial charge in [0.1, 0.15) is 6.07 Å². The summed E-state index contributed by atoms with van der Waals surface area (Å²) in [6.45, 7) is 2.93. The molecule has 0 radical (unpaired) electrons. The SMILES string of the molecule is CCN(C)c1c(C#N)cnc2ccccc12. The van der Waals surface area contributed by atoms with Crippen LogP contribution in [0.3, 0.4) is 0 Å². The van der Waals surface area contributed by atoms with Crippen LogP contribution >= 0.6 is 0 Å². The fourth-order valence-corrected chi connectivity index (χ4v) is 1.78. The number of benzene rings is 1. The van der Waals surface area contributed by atoms with Gasteiger partial charge in [-0.15, -0.1) is 0 Å². The lowest BCUT2D eigenvalue weighted by Crippen LogP contribution is -2.17. The second kappa shape index (κ2) is 4.19. The molecule has 0 aliphatic rings. The molecule has 1 aromatic carbocycles. The van der Waals surface area contributed by atoms with E-state index in [-0.39, 0.29) is 0 Å². The Morgan fingerprint density at radius 1 is 1.38 bits per heavy atom. The molecule has 0 unspecified atom stereocenters. The highest BCUT2D eigenvalue weighted by atomic mass is 15.1. The summed E-state index contributed by atoms with van der Waals surface area (Å²) in [6, 6.07) is 10.1. The predicted octanol–water partition coefficient (Wildman–Crippen LogP) is 2.56. The number of pyridine rings is 1. The van der Waals surface area contributed by atoms with E-state index >= 15 is 0 Å². The van der Waals surface area contributed by atoms with Crippen molar-refractivity contribution in [1.29, 1.82) is 5.26 Å². The Labute approximate surface area is 94.9 Å². The first kappa shape index (κ1) is 10.4. The Bertz CT molecular complexity index is 555. The second-order valence-corrected chi connectivity index (χ2v) is 3.66. The number of anilines is 1. The molecule has 0 fully saturated rings. The molecule has 1 aromatic heterocycles. The largest absolute Gasteiger partial charge is 0.373 e. The summed E-state index contributed by atoms with van der Waals surface area (Å²) in [5.74, 6) is 0. The van der Waals surface area contributed by atoms with Crippen molar-refractivity contribution in [3.8, 4) is 6.07 Å². The summed E-state index contributed by atoms with van der Waals surface area (Å²) in [6.07, 6.45) is 1.64. The minimum absolute atomic E-state index is 0.628. The third-order valence-corrected chi connectivity index (χ3v) is 2.72. The Morgan fingerprint density at radius 2 is 2.12 bits per heavy atom. The number of nitrogens with zero attached hydrogens (tertiary/aromatic N) is 3. The summed E-state index contributed by atoms with van der Waals surface area (Å²) in [7, 11) is 1.99. The first-order chi connectivity index (χ1) is 7.77. The molecule has 80 valence electrons. The quantitative estimate of drug-likeness (QED) is 0.766. The van der Waals surface area contributed by atoms with Crippen molar-refractivity contribution in [2.75, 3.05) is 18.5 Å². The van der Waals surface area contributed by atoms with E-state index in [2.05, 4.69) is 22.9 Å². The molecular formula is C13H13N3. The molecule has 0 aliphatic carbocycles. The Hall–Kier alpha value is -2.08. The molecule has 0 spiro atoms. The number of para-hydroxylation sites is 1. The van der Waals surface area contributed by atoms with Crippen LogP contribution in [0.4, 0.5) is 5.69 Å². The molecule has 0 aliphatic heterocycles. The van der Waals surface area contributed by atoms with Gasteiger partial charge in [-0.3, -0.25) is 4.98 Å². The van der Waals surface area contributed by atoms with Gasteiger partial charge in [0.15, 0.2) is 0 Å². The van der Waals surface area contributed by atoms with Crippen LogP contribution in [0.25, 0.3) is 10.9 Å². The molecule has 1 heterocycles. The lowest BCUT2D eigenvalue weighted by molar-refractivity contribution is 0.969. The van der Waals surface area contributed by atoms with E-state index in [1.165, 1.54) is 0 Å². The van der Waals surface area contributed by atoms with Crippen LogP contribution in [-0.2, 0) is 0 Å². The topological polar surface area (TPSA) is 39.9 Å².